The van der Waals surface area contributed by atoms with Gasteiger partial charge in [-0.25, -0.2) is 4.39 Å². The summed E-state index contributed by atoms with van der Waals surface area (Å²) in [6.45, 7) is 1.24. The second-order valence-electron chi connectivity index (χ2n) is 4.31. The molecule has 0 radical (unpaired) electrons. The van der Waals surface area contributed by atoms with Gasteiger partial charge >= 0.3 is 0 Å². The normalized spacial score (nSPS) is 10.9. The standard InChI is InChI=1S/C15H18FN3O.HI/c1-17-15(18-8-7-14-6-3-9-20-14)19-11-12-4-2-5-13(16)10-12;/h2-6,9-10H,7-8,11H2,1H3,(H2,17,18,19);1H. The lowest BCUT2D eigenvalue weighted by molar-refractivity contribution is 0.507. The fourth-order valence-electron chi connectivity index (χ4n) is 1.81. The maximum absolute atomic E-state index is 13.0. The van der Waals surface area contributed by atoms with E-state index in [0.717, 1.165) is 24.3 Å². The molecule has 1 aromatic carbocycles. The first-order chi connectivity index (χ1) is 9.78. The highest BCUT2D eigenvalue weighted by Gasteiger charge is 2.00. The molecular weight excluding hydrogens is 384 g/mol. The van der Waals surface area contributed by atoms with Crippen molar-refractivity contribution in [2.45, 2.75) is 13.0 Å². The van der Waals surface area contributed by atoms with E-state index >= 15 is 0 Å². The number of halogens is 2. The van der Waals surface area contributed by atoms with E-state index < -0.39 is 0 Å². The summed E-state index contributed by atoms with van der Waals surface area (Å²) in [4.78, 5) is 4.11. The molecule has 114 valence electrons. The molecule has 0 saturated heterocycles. The molecule has 0 aliphatic heterocycles. The van der Waals surface area contributed by atoms with Crippen molar-refractivity contribution in [2.24, 2.45) is 4.99 Å². The zero-order valence-corrected chi connectivity index (χ0v) is 14.1. The number of nitrogens with one attached hydrogen (secondary N) is 2. The van der Waals surface area contributed by atoms with Gasteiger partial charge in [-0.05, 0) is 29.8 Å². The summed E-state index contributed by atoms with van der Waals surface area (Å²) in [5.41, 5.74) is 0.874. The van der Waals surface area contributed by atoms with Gasteiger partial charge in [-0.15, -0.1) is 24.0 Å². The van der Waals surface area contributed by atoms with E-state index in [2.05, 4.69) is 15.6 Å². The molecule has 0 spiro atoms. The Labute approximate surface area is 140 Å². The topological polar surface area (TPSA) is 49.6 Å². The molecule has 0 fully saturated rings. The zero-order valence-electron chi connectivity index (χ0n) is 11.8. The Morgan fingerprint density at radius 3 is 2.76 bits per heavy atom. The Hall–Kier alpha value is -1.57. The highest BCUT2D eigenvalue weighted by Crippen LogP contribution is 2.02. The van der Waals surface area contributed by atoms with E-state index in [1.807, 2.05) is 18.2 Å². The number of benzene rings is 1. The van der Waals surface area contributed by atoms with Crippen molar-refractivity contribution in [2.75, 3.05) is 13.6 Å². The van der Waals surface area contributed by atoms with Gasteiger partial charge in [0.2, 0.25) is 0 Å². The lowest BCUT2D eigenvalue weighted by Gasteiger charge is -2.11. The third kappa shape index (κ3) is 6.16. The molecule has 4 nitrogen and oxygen atoms in total. The highest BCUT2D eigenvalue weighted by atomic mass is 127. The van der Waals surface area contributed by atoms with Crippen LogP contribution in [0.15, 0.2) is 52.1 Å². The van der Waals surface area contributed by atoms with Gasteiger partial charge in [-0.3, -0.25) is 4.99 Å². The molecule has 0 aliphatic rings. The van der Waals surface area contributed by atoms with Crippen molar-refractivity contribution in [1.82, 2.24) is 10.6 Å². The van der Waals surface area contributed by atoms with E-state index in [4.69, 9.17) is 4.42 Å². The van der Waals surface area contributed by atoms with Crippen molar-refractivity contribution in [3.63, 3.8) is 0 Å². The van der Waals surface area contributed by atoms with Crippen molar-refractivity contribution in [3.05, 3.63) is 59.8 Å². The van der Waals surface area contributed by atoms with Crippen LogP contribution in [0.4, 0.5) is 4.39 Å². The summed E-state index contributed by atoms with van der Waals surface area (Å²) in [5, 5.41) is 6.31. The summed E-state index contributed by atoms with van der Waals surface area (Å²) in [7, 11) is 1.70. The third-order valence-corrected chi connectivity index (χ3v) is 2.82. The Kier molecular flexibility index (Phi) is 7.81. The monoisotopic (exact) mass is 403 g/mol. The van der Waals surface area contributed by atoms with Crippen LogP contribution in [0, 0.1) is 5.82 Å². The van der Waals surface area contributed by atoms with Gasteiger partial charge in [-0.2, -0.15) is 0 Å². The summed E-state index contributed by atoms with van der Waals surface area (Å²) < 4.78 is 18.3. The van der Waals surface area contributed by atoms with Crippen LogP contribution in [0.5, 0.6) is 0 Å². The number of guanidine groups is 1. The fraction of sp³-hybridized carbons (Fsp3) is 0.267. The molecule has 2 aromatic rings. The molecule has 0 aliphatic carbocycles. The number of hydrogen-bond donors (Lipinski definition) is 2. The number of furan rings is 1. The minimum atomic E-state index is -0.231. The van der Waals surface area contributed by atoms with Crippen molar-refractivity contribution in [3.8, 4) is 0 Å². The van der Waals surface area contributed by atoms with Crippen molar-refractivity contribution < 1.29 is 8.81 Å². The van der Waals surface area contributed by atoms with Crippen LogP contribution in [0.2, 0.25) is 0 Å². The average Bonchev–Trinajstić information content (AvgIpc) is 2.96. The van der Waals surface area contributed by atoms with Crippen LogP contribution in [0.1, 0.15) is 11.3 Å². The molecule has 0 unspecified atom stereocenters. The molecule has 0 amide bonds. The van der Waals surface area contributed by atoms with Gasteiger partial charge in [0.1, 0.15) is 11.6 Å². The molecule has 6 heteroatoms. The predicted octanol–water partition coefficient (Wildman–Crippen LogP) is 2.94. The van der Waals surface area contributed by atoms with E-state index in [-0.39, 0.29) is 29.8 Å². The average molecular weight is 403 g/mol. The third-order valence-electron chi connectivity index (χ3n) is 2.82. The lowest BCUT2D eigenvalue weighted by Crippen LogP contribution is -2.37. The van der Waals surface area contributed by atoms with Gasteiger partial charge in [0, 0.05) is 26.6 Å². The summed E-state index contributed by atoms with van der Waals surface area (Å²) in [6, 6.07) is 10.3. The second kappa shape index (κ2) is 9.38. The highest BCUT2D eigenvalue weighted by molar-refractivity contribution is 14.0. The first-order valence-electron chi connectivity index (χ1n) is 6.49. The SMILES string of the molecule is CN=C(NCCc1ccco1)NCc1cccc(F)c1.I. The zero-order chi connectivity index (χ0) is 14.2. The smallest absolute Gasteiger partial charge is 0.191 e. The number of aliphatic imine (C=N–C) groups is 1. The van der Waals surface area contributed by atoms with Crippen LogP contribution in [0.3, 0.4) is 0 Å². The molecular formula is C15H19FIN3O. The van der Waals surface area contributed by atoms with Crippen molar-refractivity contribution in [1.29, 1.82) is 0 Å². The summed E-state index contributed by atoms with van der Waals surface area (Å²) in [5.74, 6) is 1.38. The molecule has 1 heterocycles. The maximum Gasteiger partial charge on any atom is 0.191 e. The predicted molar refractivity (Wildman–Crippen MR) is 92.4 cm³/mol. The minimum Gasteiger partial charge on any atom is -0.469 e. The van der Waals surface area contributed by atoms with Crippen LogP contribution in [-0.4, -0.2) is 19.6 Å². The fourth-order valence-corrected chi connectivity index (χ4v) is 1.81. The Bertz CT molecular complexity index is 558. The molecule has 0 atom stereocenters. The van der Waals surface area contributed by atoms with Gasteiger partial charge in [0.15, 0.2) is 5.96 Å². The number of nitrogens with zero attached hydrogens (tertiary/aromatic N) is 1. The maximum atomic E-state index is 13.0. The Morgan fingerprint density at radius 1 is 1.24 bits per heavy atom. The summed E-state index contributed by atoms with van der Waals surface area (Å²) in [6.07, 6.45) is 2.44. The minimum absolute atomic E-state index is 0. The quantitative estimate of drug-likeness (QED) is 0.459. The van der Waals surface area contributed by atoms with E-state index in [9.17, 15) is 4.39 Å². The van der Waals surface area contributed by atoms with Gasteiger partial charge in [-0.1, -0.05) is 12.1 Å². The molecule has 0 saturated carbocycles. The summed E-state index contributed by atoms with van der Waals surface area (Å²) >= 11 is 0. The van der Waals surface area contributed by atoms with Gasteiger partial charge in [0.25, 0.3) is 0 Å². The number of hydrogen-bond acceptors (Lipinski definition) is 2. The Morgan fingerprint density at radius 2 is 2.10 bits per heavy atom. The van der Waals surface area contributed by atoms with Crippen molar-refractivity contribution >= 4 is 29.9 Å². The molecule has 1 aromatic heterocycles. The molecule has 0 bridgehead atoms. The van der Waals surface area contributed by atoms with Gasteiger partial charge in [0.05, 0.1) is 6.26 Å². The molecule has 21 heavy (non-hydrogen) atoms. The van der Waals surface area contributed by atoms with Crippen LogP contribution >= 0.6 is 24.0 Å². The largest absolute Gasteiger partial charge is 0.469 e. The van der Waals surface area contributed by atoms with Gasteiger partial charge < -0.3 is 15.1 Å². The molecule has 2 rings (SSSR count). The number of rotatable bonds is 5. The van der Waals surface area contributed by atoms with E-state index in [1.165, 1.54) is 12.1 Å². The Balaban J connectivity index is 0.00000220. The first kappa shape index (κ1) is 17.5. The van der Waals surface area contributed by atoms with Crippen LogP contribution in [-0.2, 0) is 13.0 Å². The lowest BCUT2D eigenvalue weighted by atomic mass is 10.2. The molecule has 2 N–H and O–H groups in total. The van der Waals surface area contributed by atoms with Crippen LogP contribution < -0.4 is 10.6 Å². The first-order valence-corrected chi connectivity index (χ1v) is 6.49. The van der Waals surface area contributed by atoms with Crippen LogP contribution in [0.25, 0.3) is 0 Å². The van der Waals surface area contributed by atoms with E-state index in [1.54, 1.807) is 19.4 Å². The van der Waals surface area contributed by atoms with E-state index in [0.29, 0.717) is 12.5 Å². The second-order valence-corrected chi connectivity index (χ2v) is 4.31.